The highest BCUT2D eigenvalue weighted by Crippen LogP contribution is 2.21. The number of aromatic nitrogens is 1. The number of rotatable bonds is 7. The molecule has 5 heteroatoms. The number of anilines is 2. The van der Waals surface area contributed by atoms with E-state index >= 15 is 0 Å². The van der Waals surface area contributed by atoms with Crippen LogP contribution in [0.4, 0.5) is 11.4 Å². The van der Waals surface area contributed by atoms with E-state index in [1.807, 2.05) is 30.3 Å². The molecule has 0 saturated carbocycles. The molecule has 0 spiro atoms. The van der Waals surface area contributed by atoms with Gasteiger partial charge in [-0.05, 0) is 68.5 Å². The second-order valence-electron chi connectivity index (χ2n) is 6.40. The minimum Gasteiger partial charge on any atom is -0.497 e. The number of benzene rings is 1. The van der Waals surface area contributed by atoms with Crippen molar-refractivity contribution in [3.05, 3.63) is 59.9 Å². The summed E-state index contributed by atoms with van der Waals surface area (Å²) in [6.07, 6.45) is 9.76. The summed E-state index contributed by atoms with van der Waals surface area (Å²) < 4.78 is 5.16. The molecule has 5 nitrogen and oxygen atoms in total. The Morgan fingerprint density at radius 1 is 1.15 bits per heavy atom. The molecule has 1 amide bonds. The molecule has 1 aromatic heterocycles. The van der Waals surface area contributed by atoms with Crippen LogP contribution in [0.1, 0.15) is 42.6 Å². The van der Waals surface area contributed by atoms with Crippen LogP contribution < -0.4 is 15.4 Å². The summed E-state index contributed by atoms with van der Waals surface area (Å²) in [6, 6.07) is 11.2. The smallest absolute Gasteiger partial charge is 0.269 e. The molecule has 1 heterocycles. The monoisotopic (exact) mass is 351 g/mol. The van der Waals surface area contributed by atoms with Crippen LogP contribution in [0.15, 0.2) is 54.2 Å². The summed E-state index contributed by atoms with van der Waals surface area (Å²) in [7, 11) is 1.64. The van der Waals surface area contributed by atoms with Gasteiger partial charge >= 0.3 is 0 Å². The van der Waals surface area contributed by atoms with Gasteiger partial charge in [-0.2, -0.15) is 0 Å². The van der Waals surface area contributed by atoms with E-state index in [-0.39, 0.29) is 5.91 Å². The number of hydrogen-bond acceptors (Lipinski definition) is 4. The minimum absolute atomic E-state index is 0.139. The minimum atomic E-state index is -0.139. The molecular formula is C21H25N3O2. The van der Waals surface area contributed by atoms with Gasteiger partial charge < -0.3 is 15.4 Å². The van der Waals surface area contributed by atoms with Crippen molar-refractivity contribution in [1.82, 2.24) is 10.3 Å². The third-order valence-electron chi connectivity index (χ3n) is 4.49. The van der Waals surface area contributed by atoms with Crippen molar-refractivity contribution in [2.24, 2.45) is 0 Å². The van der Waals surface area contributed by atoms with Crippen LogP contribution in [0.5, 0.6) is 5.75 Å². The number of hydrogen-bond donors (Lipinski definition) is 2. The van der Waals surface area contributed by atoms with Gasteiger partial charge in [0.2, 0.25) is 0 Å². The number of carbonyl (C=O) groups excluding carboxylic acids is 1. The summed E-state index contributed by atoms with van der Waals surface area (Å²) in [6.45, 7) is 0.655. The number of ether oxygens (including phenoxy) is 1. The van der Waals surface area contributed by atoms with E-state index in [1.165, 1.54) is 24.8 Å². The van der Waals surface area contributed by atoms with Crippen LogP contribution >= 0.6 is 0 Å². The number of pyridine rings is 1. The van der Waals surface area contributed by atoms with Crippen molar-refractivity contribution in [3.63, 3.8) is 0 Å². The zero-order chi connectivity index (χ0) is 18.2. The maximum Gasteiger partial charge on any atom is 0.269 e. The summed E-state index contributed by atoms with van der Waals surface area (Å²) in [4.78, 5) is 16.5. The van der Waals surface area contributed by atoms with Crippen LogP contribution in [-0.4, -0.2) is 24.5 Å². The van der Waals surface area contributed by atoms with Crippen LogP contribution in [0.2, 0.25) is 0 Å². The summed E-state index contributed by atoms with van der Waals surface area (Å²) in [5.74, 6) is 0.665. The van der Waals surface area contributed by atoms with Crippen molar-refractivity contribution < 1.29 is 9.53 Å². The largest absolute Gasteiger partial charge is 0.497 e. The van der Waals surface area contributed by atoms with Gasteiger partial charge in [-0.15, -0.1) is 0 Å². The quantitative estimate of drug-likeness (QED) is 0.723. The Kier molecular flexibility index (Phi) is 6.25. The Balaban J connectivity index is 1.55. The maximum absolute atomic E-state index is 12.3. The number of carbonyl (C=O) groups is 1. The molecule has 1 aliphatic rings. The normalized spacial score (nSPS) is 13.7. The molecule has 0 atom stereocenters. The summed E-state index contributed by atoms with van der Waals surface area (Å²) >= 11 is 0. The molecule has 2 N–H and O–H groups in total. The molecule has 3 rings (SSSR count). The van der Waals surface area contributed by atoms with Gasteiger partial charge in [-0.25, -0.2) is 0 Å². The zero-order valence-electron chi connectivity index (χ0n) is 15.1. The fourth-order valence-electron chi connectivity index (χ4n) is 3.03. The fourth-order valence-corrected chi connectivity index (χ4v) is 3.03. The molecule has 136 valence electrons. The maximum atomic E-state index is 12.3. The van der Waals surface area contributed by atoms with E-state index in [0.717, 1.165) is 30.0 Å². The topological polar surface area (TPSA) is 63.2 Å². The molecule has 0 aliphatic heterocycles. The third kappa shape index (κ3) is 5.09. The van der Waals surface area contributed by atoms with E-state index in [2.05, 4.69) is 21.7 Å². The molecule has 0 saturated heterocycles. The first kappa shape index (κ1) is 18.0. The Morgan fingerprint density at radius 2 is 2.00 bits per heavy atom. The van der Waals surface area contributed by atoms with Crippen LogP contribution in [0, 0.1) is 0 Å². The molecule has 1 aliphatic carbocycles. The average Bonchev–Trinajstić information content (AvgIpc) is 2.69. The van der Waals surface area contributed by atoms with Gasteiger partial charge in [-0.1, -0.05) is 11.6 Å². The Morgan fingerprint density at radius 3 is 2.73 bits per heavy atom. The van der Waals surface area contributed by atoms with Crippen molar-refractivity contribution >= 4 is 17.3 Å². The SMILES string of the molecule is COc1ccc(Nc2ccnc(C(=O)NCCC3=CCCCC3)c2)cc1. The van der Waals surface area contributed by atoms with Gasteiger partial charge in [0.15, 0.2) is 0 Å². The fraction of sp³-hybridized carbons (Fsp3) is 0.333. The van der Waals surface area contributed by atoms with Crippen molar-refractivity contribution in [2.45, 2.75) is 32.1 Å². The Hall–Kier alpha value is -2.82. The lowest BCUT2D eigenvalue weighted by atomic mass is 9.97. The predicted octanol–water partition coefficient (Wildman–Crippen LogP) is 4.45. The predicted molar refractivity (Wildman–Crippen MR) is 104 cm³/mol. The van der Waals surface area contributed by atoms with Crippen molar-refractivity contribution in [1.29, 1.82) is 0 Å². The van der Waals surface area contributed by atoms with E-state index in [0.29, 0.717) is 12.2 Å². The van der Waals surface area contributed by atoms with E-state index < -0.39 is 0 Å². The van der Waals surface area contributed by atoms with Gasteiger partial charge in [-0.3, -0.25) is 9.78 Å². The molecule has 0 bridgehead atoms. The standard InChI is InChI=1S/C21H25N3O2/c1-26-19-9-7-17(8-10-19)24-18-12-14-22-20(15-18)21(25)23-13-11-16-5-3-2-4-6-16/h5,7-10,12,14-15H,2-4,6,11,13H2,1H3,(H,22,24)(H,23,25). The van der Waals surface area contributed by atoms with Gasteiger partial charge in [0.05, 0.1) is 7.11 Å². The third-order valence-corrected chi connectivity index (χ3v) is 4.49. The average molecular weight is 351 g/mol. The molecule has 2 aromatic rings. The first-order chi connectivity index (χ1) is 12.7. The highest BCUT2D eigenvalue weighted by Gasteiger charge is 2.09. The van der Waals surface area contributed by atoms with Crippen LogP contribution in [0.25, 0.3) is 0 Å². The summed E-state index contributed by atoms with van der Waals surface area (Å²) in [5.41, 5.74) is 3.62. The lowest BCUT2D eigenvalue weighted by molar-refractivity contribution is 0.0949. The van der Waals surface area contributed by atoms with Crippen molar-refractivity contribution in [3.8, 4) is 5.75 Å². The van der Waals surface area contributed by atoms with Crippen LogP contribution in [0.3, 0.4) is 0 Å². The first-order valence-electron chi connectivity index (χ1n) is 9.08. The van der Waals surface area contributed by atoms with Gasteiger partial charge in [0, 0.05) is 24.1 Å². The number of nitrogens with zero attached hydrogens (tertiary/aromatic N) is 1. The number of nitrogens with one attached hydrogen (secondary N) is 2. The molecule has 0 radical (unpaired) electrons. The summed E-state index contributed by atoms with van der Waals surface area (Å²) in [5, 5.41) is 6.24. The highest BCUT2D eigenvalue weighted by molar-refractivity contribution is 5.93. The van der Waals surface area contributed by atoms with Gasteiger partial charge in [0.1, 0.15) is 11.4 Å². The molecule has 26 heavy (non-hydrogen) atoms. The van der Waals surface area contributed by atoms with E-state index in [4.69, 9.17) is 4.74 Å². The molecule has 0 fully saturated rings. The number of methoxy groups -OCH3 is 1. The second-order valence-corrected chi connectivity index (χ2v) is 6.40. The van der Waals surface area contributed by atoms with Gasteiger partial charge in [0.25, 0.3) is 5.91 Å². The Labute approximate surface area is 154 Å². The molecule has 1 aromatic carbocycles. The van der Waals surface area contributed by atoms with E-state index in [9.17, 15) is 4.79 Å². The Bertz CT molecular complexity index is 769. The number of allylic oxidation sites excluding steroid dienone is 1. The van der Waals surface area contributed by atoms with Crippen LogP contribution in [-0.2, 0) is 0 Å². The van der Waals surface area contributed by atoms with Crippen molar-refractivity contribution in [2.75, 3.05) is 19.0 Å². The lowest BCUT2D eigenvalue weighted by Crippen LogP contribution is -2.25. The number of amides is 1. The first-order valence-corrected chi connectivity index (χ1v) is 9.08. The molecular weight excluding hydrogens is 326 g/mol. The van der Waals surface area contributed by atoms with E-state index in [1.54, 1.807) is 19.4 Å². The molecule has 0 unspecified atom stereocenters. The second kappa shape index (κ2) is 9.04. The lowest BCUT2D eigenvalue weighted by Gasteiger charge is -2.13. The zero-order valence-corrected chi connectivity index (χ0v) is 15.1. The highest BCUT2D eigenvalue weighted by atomic mass is 16.5.